The number of imide groups is 1. The summed E-state index contributed by atoms with van der Waals surface area (Å²) in [6, 6.07) is 5.00. The third-order valence-electron chi connectivity index (χ3n) is 4.00. The monoisotopic (exact) mass is 398 g/mol. The minimum Gasteiger partial charge on any atom is -0.497 e. The predicted octanol–water partition coefficient (Wildman–Crippen LogP) is 2.37. The van der Waals surface area contributed by atoms with Crippen LogP contribution in [0.4, 0.5) is 4.79 Å². The van der Waals surface area contributed by atoms with Gasteiger partial charge in [0.1, 0.15) is 5.75 Å². The molecule has 3 rings (SSSR count). The molecule has 0 N–H and O–H groups in total. The first-order chi connectivity index (χ1) is 11.0. The van der Waals surface area contributed by atoms with E-state index >= 15 is 0 Å². The van der Waals surface area contributed by atoms with Gasteiger partial charge in [0.15, 0.2) is 0 Å². The van der Waals surface area contributed by atoms with E-state index in [1.54, 1.807) is 30.2 Å². The largest absolute Gasteiger partial charge is 0.497 e. The first-order valence-electron chi connectivity index (χ1n) is 7.13. The topological polar surface area (TPSA) is 66.9 Å². The molecule has 0 aliphatic carbocycles. The quantitative estimate of drug-likeness (QED) is 0.781. The Balaban J connectivity index is 1.75. The maximum absolute atomic E-state index is 12.7. The number of carbonyl (C=O) groups is 3. The van der Waals surface area contributed by atoms with Crippen molar-refractivity contribution in [2.24, 2.45) is 0 Å². The summed E-state index contributed by atoms with van der Waals surface area (Å²) in [5.74, 6) is 0.505. The summed E-state index contributed by atoms with van der Waals surface area (Å²) in [6.45, 7) is 0.898. The van der Waals surface area contributed by atoms with Gasteiger partial charge in [0.2, 0.25) is 5.91 Å². The molecule has 6 nitrogen and oxygen atoms in total. The Morgan fingerprint density at radius 2 is 2.17 bits per heavy atom. The van der Waals surface area contributed by atoms with Crippen molar-refractivity contribution in [2.45, 2.75) is 12.5 Å². The van der Waals surface area contributed by atoms with Gasteiger partial charge in [0.05, 0.1) is 24.5 Å². The fourth-order valence-corrected chi connectivity index (χ4v) is 4.01. The van der Waals surface area contributed by atoms with Crippen LogP contribution in [0.25, 0.3) is 0 Å². The smallest absolute Gasteiger partial charge is 0.289 e. The molecular weight excluding hydrogens is 384 g/mol. The lowest BCUT2D eigenvalue weighted by Gasteiger charge is -2.22. The van der Waals surface area contributed by atoms with Crippen LogP contribution in [-0.4, -0.2) is 58.8 Å². The molecule has 2 fully saturated rings. The molecule has 0 saturated carbocycles. The molecule has 1 unspecified atom stereocenters. The highest BCUT2D eigenvalue weighted by Crippen LogP contribution is 2.29. The Kier molecular flexibility index (Phi) is 4.63. The van der Waals surface area contributed by atoms with Crippen LogP contribution in [0.5, 0.6) is 5.75 Å². The average molecular weight is 399 g/mol. The van der Waals surface area contributed by atoms with Gasteiger partial charge in [-0.15, -0.1) is 0 Å². The maximum Gasteiger partial charge on any atom is 0.289 e. The zero-order chi connectivity index (χ0) is 16.6. The SMILES string of the molecule is COc1ccc(Br)c(C(=O)N2CCC(N3C(=O)CSC3=O)C2)c1. The molecule has 2 aliphatic heterocycles. The minimum atomic E-state index is -0.224. The van der Waals surface area contributed by atoms with Crippen LogP contribution in [0.3, 0.4) is 0 Å². The second-order valence-corrected chi connectivity index (χ2v) is 7.14. The zero-order valence-electron chi connectivity index (χ0n) is 12.5. The van der Waals surface area contributed by atoms with Gasteiger partial charge in [0.25, 0.3) is 11.1 Å². The normalized spacial score (nSPS) is 21.2. The Labute approximate surface area is 146 Å². The second kappa shape index (κ2) is 6.52. The van der Waals surface area contributed by atoms with Gasteiger partial charge in [-0.05, 0) is 40.5 Å². The van der Waals surface area contributed by atoms with Gasteiger partial charge in [0, 0.05) is 17.6 Å². The number of hydrogen-bond acceptors (Lipinski definition) is 5. The van der Waals surface area contributed by atoms with Gasteiger partial charge in [-0.25, -0.2) is 0 Å². The van der Waals surface area contributed by atoms with Gasteiger partial charge in [-0.1, -0.05) is 11.8 Å². The number of halogens is 1. The molecule has 1 aromatic rings. The summed E-state index contributed by atoms with van der Waals surface area (Å²) >= 11 is 4.41. The molecule has 0 aromatic heterocycles. The molecule has 3 amide bonds. The summed E-state index contributed by atoms with van der Waals surface area (Å²) in [6.07, 6.45) is 0.616. The Hall–Kier alpha value is -1.54. The van der Waals surface area contributed by atoms with E-state index in [1.807, 2.05) is 0 Å². The molecule has 0 bridgehead atoms. The van der Waals surface area contributed by atoms with Gasteiger partial charge >= 0.3 is 0 Å². The number of methoxy groups -OCH3 is 1. The third kappa shape index (κ3) is 3.10. The van der Waals surface area contributed by atoms with E-state index in [0.717, 1.165) is 11.8 Å². The minimum absolute atomic E-state index is 0.134. The lowest BCUT2D eigenvalue weighted by Crippen LogP contribution is -2.41. The predicted molar refractivity (Wildman–Crippen MR) is 89.7 cm³/mol. The van der Waals surface area contributed by atoms with Crippen molar-refractivity contribution in [1.29, 1.82) is 0 Å². The lowest BCUT2D eigenvalue weighted by atomic mass is 10.2. The Morgan fingerprint density at radius 3 is 2.83 bits per heavy atom. The molecule has 1 atom stereocenters. The molecule has 2 aliphatic rings. The number of hydrogen-bond donors (Lipinski definition) is 0. The summed E-state index contributed by atoms with van der Waals surface area (Å²) < 4.78 is 5.85. The molecule has 2 heterocycles. The van der Waals surface area contributed by atoms with E-state index in [4.69, 9.17) is 4.74 Å². The van der Waals surface area contributed by atoms with Crippen molar-refractivity contribution in [3.8, 4) is 5.75 Å². The molecule has 0 radical (unpaired) electrons. The number of likely N-dealkylation sites (tertiary alicyclic amines) is 1. The number of nitrogens with zero attached hydrogens (tertiary/aromatic N) is 2. The highest BCUT2D eigenvalue weighted by Gasteiger charge is 2.40. The highest BCUT2D eigenvalue weighted by molar-refractivity contribution is 9.10. The maximum atomic E-state index is 12.7. The van der Waals surface area contributed by atoms with Crippen LogP contribution in [0, 0.1) is 0 Å². The van der Waals surface area contributed by atoms with Gasteiger partial charge < -0.3 is 9.64 Å². The van der Waals surface area contributed by atoms with Crippen LogP contribution < -0.4 is 4.74 Å². The third-order valence-corrected chi connectivity index (χ3v) is 5.53. The summed E-state index contributed by atoms with van der Waals surface area (Å²) in [4.78, 5) is 39.3. The summed E-state index contributed by atoms with van der Waals surface area (Å²) in [5.41, 5.74) is 0.512. The van der Waals surface area contributed by atoms with Crippen molar-refractivity contribution in [3.63, 3.8) is 0 Å². The molecule has 8 heteroatoms. The summed E-state index contributed by atoms with van der Waals surface area (Å²) in [7, 11) is 1.55. The van der Waals surface area contributed by atoms with Crippen LogP contribution in [0.2, 0.25) is 0 Å². The molecular formula is C15H15BrN2O4S. The first-order valence-corrected chi connectivity index (χ1v) is 8.90. The molecule has 0 spiro atoms. The van der Waals surface area contributed by atoms with Crippen LogP contribution >= 0.6 is 27.7 Å². The van der Waals surface area contributed by atoms with Gasteiger partial charge in [-0.3, -0.25) is 19.3 Å². The van der Waals surface area contributed by atoms with E-state index in [1.165, 1.54) is 4.90 Å². The second-order valence-electron chi connectivity index (χ2n) is 5.36. The van der Waals surface area contributed by atoms with Crippen LogP contribution in [0.1, 0.15) is 16.8 Å². The number of rotatable bonds is 3. The fourth-order valence-electron chi connectivity index (χ4n) is 2.82. The lowest BCUT2D eigenvalue weighted by molar-refractivity contribution is -0.126. The van der Waals surface area contributed by atoms with Crippen molar-refractivity contribution >= 4 is 44.7 Å². The van der Waals surface area contributed by atoms with E-state index < -0.39 is 0 Å². The van der Waals surface area contributed by atoms with Crippen molar-refractivity contribution in [1.82, 2.24) is 9.80 Å². The number of ether oxygens (including phenoxy) is 1. The van der Waals surface area contributed by atoms with Crippen molar-refractivity contribution in [2.75, 3.05) is 26.0 Å². The zero-order valence-corrected chi connectivity index (χ0v) is 14.9. The van der Waals surface area contributed by atoms with Crippen LogP contribution in [0.15, 0.2) is 22.7 Å². The van der Waals surface area contributed by atoms with Crippen LogP contribution in [-0.2, 0) is 4.79 Å². The molecule has 23 heavy (non-hydrogen) atoms. The molecule has 1 aromatic carbocycles. The van der Waals surface area contributed by atoms with E-state index in [-0.39, 0.29) is 28.8 Å². The van der Waals surface area contributed by atoms with Crippen molar-refractivity contribution < 1.29 is 19.1 Å². The highest BCUT2D eigenvalue weighted by atomic mass is 79.9. The fraction of sp³-hybridized carbons (Fsp3) is 0.400. The van der Waals surface area contributed by atoms with Gasteiger partial charge in [-0.2, -0.15) is 0 Å². The van der Waals surface area contributed by atoms with E-state index in [9.17, 15) is 14.4 Å². The van der Waals surface area contributed by atoms with Crippen molar-refractivity contribution in [3.05, 3.63) is 28.2 Å². The van der Waals surface area contributed by atoms with E-state index in [2.05, 4.69) is 15.9 Å². The molecule has 122 valence electrons. The number of amides is 3. The Morgan fingerprint density at radius 1 is 1.39 bits per heavy atom. The number of carbonyl (C=O) groups excluding carboxylic acids is 3. The average Bonchev–Trinajstić information content (AvgIpc) is 3.14. The standard InChI is InChI=1S/C15H15BrN2O4S/c1-22-10-2-3-12(16)11(6-10)14(20)17-5-4-9(7-17)18-13(19)8-23-15(18)21/h2-3,6,9H,4-5,7-8H2,1H3. The van der Waals surface area contributed by atoms with E-state index in [0.29, 0.717) is 35.3 Å². The molecule has 2 saturated heterocycles. The summed E-state index contributed by atoms with van der Waals surface area (Å²) in [5, 5.41) is -0.211. The Bertz CT molecular complexity index is 665. The number of thioether (sulfide) groups is 1. The number of benzene rings is 1. The first kappa shape index (κ1) is 16.3.